The van der Waals surface area contributed by atoms with Crippen LogP contribution in [-0.4, -0.2) is 63.1 Å². The first-order valence-electron chi connectivity index (χ1n) is 9.82. The molecule has 32 heavy (non-hydrogen) atoms. The maximum atomic E-state index is 14.7. The highest BCUT2D eigenvalue weighted by atomic mass is 32.2. The molecule has 0 unspecified atom stereocenters. The van der Waals surface area contributed by atoms with Crippen LogP contribution >= 0.6 is 0 Å². The Hall–Kier alpha value is -3.47. The monoisotopic (exact) mass is 461 g/mol. The lowest BCUT2D eigenvalue weighted by atomic mass is 10.1. The van der Waals surface area contributed by atoms with E-state index in [-0.39, 0.29) is 42.3 Å². The van der Waals surface area contributed by atoms with E-state index in [1.54, 1.807) is 25.2 Å². The molecule has 0 spiro atoms. The van der Waals surface area contributed by atoms with Crippen LogP contribution in [0.4, 0.5) is 20.6 Å². The second kappa shape index (κ2) is 9.35. The lowest BCUT2D eigenvalue weighted by molar-refractivity contribution is 0.0999. The topological polar surface area (TPSA) is 137 Å². The fraction of sp³-hybridized carbons (Fsp3) is 0.286. The molecule has 0 bridgehead atoms. The van der Waals surface area contributed by atoms with E-state index in [2.05, 4.69) is 5.32 Å². The van der Waals surface area contributed by atoms with Gasteiger partial charge >= 0.3 is 6.03 Å². The van der Waals surface area contributed by atoms with E-state index in [4.69, 9.17) is 11.1 Å². The minimum atomic E-state index is -3.19. The van der Waals surface area contributed by atoms with E-state index in [9.17, 15) is 22.4 Å². The molecule has 1 saturated heterocycles. The molecule has 2 aromatic rings. The van der Waals surface area contributed by atoms with Gasteiger partial charge in [0.05, 0.1) is 18.1 Å². The lowest BCUT2D eigenvalue weighted by Crippen LogP contribution is -2.49. The molecular formula is C21H24FN5O4S. The summed E-state index contributed by atoms with van der Waals surface area (Å²) in [4.78, 5) is 27.4. The summed E-state index contributed by atoms with van der Waals surface area (Å²) in [5.74, 6) is -1.73. The van der Waals surface area contributed by atoms with Crippen molar-refractivity contribution in [2.24, 2.45) is 5.73 Å². The molecule has 1 aliphatic heterocycles. The van der Waals surface area contributed by atoms with Crippen molar-refractivity contribution in [2.75, 3.05) is 41.9 Å². The van der Waals surface area contributed by atoms with E-state index in [1.807, 2.05) is 0 Å². The van der Waals surface area contributed by atoms with Crippen LogP contribution in [0.25, 0.3) is 0 Å². The van der Waals surface area contributed by atoms with Crippen LogP contribution in [0.1, 0.15) is 21.5 Å². The van der Waals surface area contributed by atoms with Gasteiger partial charge in [-0.3, -0.25) is 9.69 Å². The molecule has 0 aliphatic carbocycles. The molecule has 3 rings (SSSR count). The van der Waals surface area contributed by atoms with Gasteiger partial charge in [0, 0.05) is 54.4 Å². The highest BCUT2D eigenvalue weighted by Gasteiger charge is 2.29. The Kier molecular flexibility index (Phi) is 6.78. The number of benzene rings is 2. The number of nitrogens with two attached hydrogens (primary N) is 1. The van der Waals surface area contributed by atoms with Gasteiger partial charge in [-0.05, 0) is 30.3 Å². The highest BCUT2D eigenvalue weighted by molar-refractivity contribution is 7.91. The summed E-state index contributed by atoms with van der Waals surface area (Å²) in [6.45, 7) is -0.0729. The Morgan fingerprint density at radius 3 is 2.47 bits per heavy atom. The van der Waals surface area contributed by atoms with E-state index in [0.717, 1.165) is 6.07 Å². The molecule has 11 heteroatoms. The van der Waals surface area contributed by atoms with Gasteiger partial charge in [0.2, 0.25) is 5.91 Å². The summed E-state index contributed by atoms with van der Waals surface area (Å²) in [6.07, 6.45) is 1.17. The van der Waals surface area contributed by atoms with Gasteiger partial charge in [0.25, 0.3) is 0 Å². The van der Waals surface area contributed by atoms with Crippen LogP contribution in [0, 0.1) is 11.2 Å². The van der Waals surface area contributed by atoms with E-state index in [1.165, 1.54) is 28.1 Å². The average Bonchev–Trinajstić information content (AvgIpc) is 2.77. The van der Waals surface area contributed by atoms with Crippen LogP contribution in [0.15, 0.2) is 36.4 Å². The molecule has 9 nitrogen and oxygen atoms in total. The molecule has 1 fully saturated rings. The third-order valence-electron chi connectivity index (χ3n) is 5.29. The molecule has 0 atom stereocenters. The number of sulfone groups is 1. The minimum Gasteiger partial charge on any atom is -0.388 e. The number of hydrogen-bond donors (Lipinski definition) is 3. The van der Waals surface area contributed by atoms with Crippen LogP contribution in [0.5, 0.6) is 0 Å². The number of amides is 3. The van der Waals surface area contributed by atoms with Crippen molar-refractivity contribution in [3.8, 4) is 0 Å². The number of nitrogens with one attached hydrogen (secondary N) is 2. The first-order valence-corrected chi connectivity index (χ1v) is 11.6. The van der Waals surface area contributed by atoms with Gasteiger partial charge in [-0.15, -0.1) is 0 Å². The molecule has 3 amide bonds. The molecule has 170 valence electrons. The fourth-order valence-corrected chi connectivity index (χ4v) is 4.60. The summed E-state index contributed by atoms with van der Waals surface area (Å²) >= 11 is 0. The first kappa shape index (κ1) is 23.2. The van der Waals surface area contributed by atoms with Crippen LogP contribution in [-0.2, 0) is 16.4 Å². The summed E-state index contributed by atoms with van der Waals surface area (Å²) in [5.41, 5.74) is 7.02. The summed E-state index contributed by atoms with van der Waals surface area (Å²) in [7, 11) is -1.51. The molecule has 4 N–H and O–H groups in total. The van der Waals surface area contributed by atoms with E-state index >= 15 is 0 Å². The predicted molar refractivity (Wildman–Crippen MR) is 121 cm³/mol. The number of rotatable bonds is 6. The van der Waals surface area contributed by atoms with Gasteiger partial charge in [-0.25, -0.2) is 17.6 Å². The lowest BCUT2D eigenvalue weighted by Gasteiger charge is -2.33. The smallest absolute Gasteiger partial charge is 0.324 e. The molecule has 1 heterocycles. The first-order chi connectivity index (χ1) is 15.1. The summed E-state index contributed by atoms with van der Waals surface area (Å²) in [6, 6.07) is 8.27. The number of anilines is 2. The molecule has 1 aliphatic rings. The zero-order chi connectivity index (χ0) is 23.5. The molecule has 0 aromatic heterocycles. The normalized spacial score (nSPS) is 15.1. The number of primary amides is 1. The second-order valence-corrected chi connectivity index (χ2v) is 9.65. The summed E-state index contributed by atoms with van der Waals surface area (Å²) < 4.78 is 38.2. The number of carbonyl (C=O) groups is 2. The van der Waals surface area contributed by atoms with Crippen molar-refractivity contribution in [3.63, 3.8) is 0 Å². The fourth-order valence-electron chi connectivity index (χ4n) is 3.40. The van der Waals surface area contributed by atoms with Crippen molar-refractivity contribution in [1.29, 1.82) is 5.41 Å². The Labute approximate surface area is 185 Å². The van der Waals surface area contributed by atoms with Gasteiger partial charge < -0.3 is 21.4 Å². The molecule has 2 aromatic carbocycles. The Balaban J connectivity index is 1.99. The van der Waals surface area contributed by atoms with Crippen molar-refractivity contribution < 1.29 is 22.4 Å². The van der Waals surface area contributed by atoms with Gasteiger partial charge in [0.1, 0.15) is 5.82 Å². The molecule has 0 saturated carbocycles. The summed E-state index contributed by atoms with van der Waals surface area (Å²) in [5, 5.41) is 10.5. The Bertz CT molecular complexity index is 1150. The van der Waals surface area contributed by atoms with Gasteiger partial charge in [-0.2, -0.15) is 0 Å². The van der Waals surface area contributed by atoms with Crippen molar-refractivity contribution in [3.05, 3.63) is 58.9 Å². The zero-order valence-corrected chi connectivity index (χ0v) is 18.3. The van der Waals surface area contributed by atoms with Crippen LogP contribution in [0.3, 0.4) is 0 Å². The van der Waals surface area contributed by atoms with Crippen molar-refractivity contribution in [2.45, 2.75) is 6.54 Å². The van der Waals surface area contributed by atoms with Crippen molar-refractivity contribution >= 4 is 39.4 Å². The molecule has 0 radical (unpaired) electrons. The molecular weight excluding hydrogens is 437 g/mol. The van der Waals surface area contributed by atoms with E-state index < -0.39 is 27.6 Å². The maximum absolute atomic E-state index is 14.7. The third-order valence-corrected chi connectivity index (χ3v) is 6.89. The second-order valence-electron chi connectivity index (χ2n) is 7.34. The number of carbonyl (C=O) groups excluding carboxylic acids is 2. The van der Waals surface area contributed by atoms with Crippen LogP contribution < -0.4 is 16.0 Å². The number of hydrogen-bond acceptors (Lipinski definition) is 6. The SMILES string of the molecule is CNc1cc(N(Cc2ccc(C(N)=O)cc2F)C(=O)N2CCS(=O)(=O)CC2)ccc1C=N. The number of halogens is 1. The quantitative estimate of drug-likeness (QED) is 0.564. The largest absolute Gasteiger partial charge is 0.388 e. The Morgan fingerprint density at radius 1 is 1.22 bits per heavy atom. The Morgan fingerprint density at radius 2 is 1.91 bits per heavy atom. The number of urea groups is 1. The van der Waals surface area contributed by atoms with E-state index in [0.29, 0.717) is 16.9 Å². The number of nitrogens with zero attached hydrogens (tertiary/aromatic N) is 2. The van der Waals surface area contributed by atoms with Crippen molar-refractivity contribution in [1.82, 2.24) is 4.90 Å². The third kappa shape index (κ3) is 5.05. The minimum absolute atomic E-state index is 0.0122. The maximum Gasteiger partial charge on any atom is 0.324 e. The zero-order valence-electron chi connectivity index (χ0n) is 17.5. The average molecular weight is 462 g/mol. The standard InChI is InChI=1S/C21H24FN5O4S/c1-25-19-11-17(5-4-15(19)12-23)27(21(29)26-6-8-32(30,31)9-7-26)13-16-3-2-14(20(24)28)10-18(16)22/h2-5,10-12,23,25H,6-9,13H2,1H3,(H2,24,28). The van der Waals surface area contributed by atoms with Gasteiger partial charge in [0.15, 0.2) is 9.84 Å². The van der Waals surface area contributed by atoms with Gasteiger partial charge in [-0.1, -0.05) is 6.07 Å². The highest BCUT2D eigenvalue weighted by Crippen LogP contribution is 2.26. The predicted octanol–water partition coefficient (Wildman–Crippen LogP) is 1.82. The van der Waals surface area contributed by atoms with Crippen LogP contribution in [0.2, 0.25) is 0 Å².